The van der Waals surface area contributed by atoms with Crippen molar-refractivity contribution in [2.45, 2.75) is 13.8 Å². The molecular weight excluding hydrogens is 270 g/mol. The minimum Gasteiger partial charge on any atom is -0.361 e. The maximum Gasteiger partial charge on any atom is 0.0679 e. The summed E-state index contributed by atoms with van der Waals surface area (Å²) < 4.78 is 0. The van der Waals surface area contributed by atoms with Crippen molar-refractivity contribution in [1.29, 1.82) is 0 Å². The van der Waals surface area contributed by atoms with Crippen LogP contribution in [0.2, 0.25) is 0 Å². The van der Waals surface area contributed by atoms with E-state index in [1.165, 1.54) is 5.57 Å². The summed E-state index contributed by atoms with van der Waals surface area (Å²) in [5.74, 6) is 0. The topological polar surface area (TPSA) is 37.0 Å². The quantitative estimate of drug-likeness (QED) is 0.869. The summed E-state index contributed by atoms with van der Waals surface area (Å²) >= 11 is 0. The fourth-order valence-corrected chi connectivity index (χ4v) is 2.40. The Balaban J connectivity index is 1.89. The van der Waals surface area contributed by atoms with Crippen molar-refractivity contribution < 1.29 is 0 Å². The molecule has 0 aliphatic carbocycles. The van der Waals surface area contributed by atoms with Gasteiger partial charge in [0.2, 0.25) is 0 Å². The van der Waals surface area contributed by atoms with E-state index < -0.39 is 0 Å². The van der Waals surface area contributed by atoms with E-state index in [0.29, 0.717) is 0 Å². The van der Waals surface area contributed by atoms with Gasteiger partial charge in [0.1, 0.15) is 0 Å². The maximum absolute atomic E-state index is 4.42. The number of pyridine rings is 1. The fourth-order valence-electron chi connectivity index (χ4n) is 2.40. The summed E-state index contributed by atoms with van der Waals surface area (Å²) in [5, 5.41) is 6.78. The molecule has 3 rings (SSSR count). The summed E-state index contributed by atoms with van der Waals surface area (Å²) in [6.45, 7) is 4.19. The monoisotopic (exact) mass is 289 g/mol. The van der Waals surface area contributed by atoms with Crippen LogP contribution in [0.25, 0.3) is 5.57 Å². The molecular formula is C19H19N3. The molecule has 2 aliphatic heterocycles. The maximum atomic E-state index is 4.42. The van der Waals surface area contributed by atoms with Gasteiger partial charge in [-0.1, -0.05) is 18.2 Å². The van der Waals surface area contributed by atoms with Gasteiger partial charge >= 0.3 is 0 Å². The van der Waals surface area contributed by atoms with Crippen molar-refractivity contribution in [1.82, 2.24) is 15.6 Å². The van der Waals surface area contributed by atoms with Gasteiger partial charge in [-0.2, -0.15) is 0 Å². The Labute approximate surface area is 131 Å². The van der Waals surface area contributed by atoms with Crippen LogP contribution in [0.5, 0.6) is 0 Å². The van der Waals surface area contributed by atoms with Crippen LogP contribution in [-0.4, -0.2) is 4.98 Å². The minimum atomic E-state index is 0.986. The lowest BCUT2D eigenvalue weighted by molar-refractivity contribution is 0.961. The second-order valence-electron chi connectivity index (χ2n) is 5.22. The van der Waals surface area contributed by atoms with E-state index in [1.807, 2.05) is 42.7 Å². The van der Waals surface area contributed by atoms with Crippen LogP contribution < -0.4 is 10.6 Å². The second-order valence-corrected chi connectivity index (χ2v) is 5.22. The Hall–Kier alpha value is -2.81. The Bertz CT molecular complexity index is 744. The summed E-state index contributed by atoms with van der Waals surface area (Å²) in [6.07, 6.45) is 16.1. The number of rotatable bonds is 2. The summed E-state index contributed by atoms with van der Waals surface area (Å²) in [7, 11) is 0. The lowest BCUT2D eigenvalue weighted by Gasteiger charge is -2.20. The van der Waals surface area contributed by atoms with E-state index >= 15 is 0 Å². The Morgan fingerprint density at radius 2 is 1.82 bits per heavy atom. The third-order valence-electron chi connectivity index (χ3n) is 3.77. The first-order chi connectivity index (χ1) is 10.8. The largest absolute Gasteiger partial charge is 0.361 e. The average molecular weight is 289 g/mol. The number of hydrogen-bond donors (Lipinski definition) is 2. The summed E-state index contributed by atoms with van der Waals surface area (Å²) in [5.41, 5.74) is 6.57. The predicted octanol–water partition coefficient (Wildman–Crippen LogP) is 3.80. The molecule has 0 aromatic carbocycles. The molecule has 3 heterocycles. The molecule has 3 heteroatoms. The molecule has 0 fully saturated rings. The highest BCUT2D eigenvalue weighted by atomic mass is 14.9. The Morgan fingerprint density at radius 1 is 0.955 bits per heavy atom. The predicted molar refractivity (Wildman–Crippen MR) is 91.3 cm³/mol. The van der Waals surface area contributed by atoms with E-state index in [0.717, 1.165) is 28.4 Å². The van der Waals surface area contributed by atoms with Crippen molar-refractivity contribution in [3.05, 3.63) is 95.4 Å². The number of nitrogens with zero attached hydrogens (tertiary/aromatic N) is 1. The number of nitrogens with one attached hydrogen (secondary N) is 2. The summed E-state index contributed by atoms with van der Waals surface area (Å²) in [4.78, 5) is 4.42. The molecule has 0 bridgehead atoms. The van der Waals surface area contributed by atoms with Gasteiger partial charge < -0.3 is 10.6 Å². The van der Waals surface area contributed by atoms with Gasteiger partial charge in [0, 0.05) is 29.5 Å². The normalized spacial score (nSPS) is 20.9. The zero-order chi connectivity index (χ0) is 15.4. The molecule has 2 aliphatic rings. The van der Waals surface area contributed by atoms with Crippen LogP contribution in [-0.2, 0) is 0 Å². The van der Waals surface area contributed by atoms with Gasteiger partial charge in [0.15, 0.2) is 0 Å². The summed E-state index contributed by atoms with van der Waals surface area (Å²) in [6, 6.07) is 5.96. The highest BCUT2D eigenvalue weighted by Gasteiger charge is 2.11. The van der Waals surface area contributed by atoms with Crippen LogP contribution in [0.4, 0.5) is 0 Å². The lowest BCUT2D eigenvalue weighted by atomic mass is 10.0. The van der Waals surface area contributed by atoms with Gasteiger partial charge in [-0.25, -0.2) is 0 Å². The molecule has 0 amide bonds. The average Bonchev–Trinajstić information content (AvgIpc) is 2.62. The molecule has 0 unspecified atom stereocenters. The second kappa shape index (κ2) is 6.31. The zero-order valence-corrected chi connectivity index (χ0v) is 12.8. The van der Waals surface area contributed by atoms with Crippen molar-refractivity contribution in [2.24, 2.45) is 0 Å². The lowest BCUT2D eigenvalue weighted by Crippen LogP contribution is -2.19. The van der Waals surface area contributed by atoms with E-state index in [2.05, 4.69) is 53.8 Å². The van der Waals surface area contributed by atoms with Gasteiger partial charge in [0.25, 0.3) is 0 Å². The minimum absolute atomic E-state index is 0.986. The first-order valence-corrected chi connectivity index (χ1v) is 7.34. The number of dihydropyridines is 2. The highest BCUT2D eigenvalue weighted by Crippen LogP contribution is 2.22. The van der Waals surface area contributed by atoms with Gasteiger partial charge in [-0.3, -0.25) is 4.98 Å². The fraction of sp³-hybridized carbons (Fsp3) is 0.105. The van der Waals surface area contributed by atoms with E-state index in [1.54, 1.807) is 0 Å². The molecule has 3 nitrogen and oxygen atoms in total. The van der Waals surface area contributed by atoms with Crippen LogP contribution in [0.1, 0.15) is 19.5 Å². The first-order valence-electron chi connectivity index (χ1n) is 7.34. The molecule has 0 spiro atoms. The molecule has 0 saturated carbocycles. The van der Waals surface area contributed by atoms with Crippen LogP contribution in [0.15, 0.2) is 89.7 Å². The molecule has 22 heavy (non-hydrogen) atoms. The van der Waals surface area contributed by atoms with Gasteiger partial charge in [-0.15, -0.1) is 0 Å². The van der Waals surface area contributed by atoms with Crippen molar-refractivity contribution in [2.75, 3.05) is 0 Å². The van der Waals surface area contributed by atoms with E-state index in [-0.39, 0.29) is 0 Å². The Kier molecular flexibility index (Phi) is 4.05. The molecule has 0 saturated heterocycles. The molecule has 2 N–H and O–H groups in total. The first kappa shape index (κ1) is 14.1. The SMILES string of the molecule is CC(=C1C=CC=C(/C(C)=C2/C=CC=CN2)N1)c1ccccn1. The van der Waals surface area contributed by atoms with Crippen LogP contribution in [0, 0.1) is 0 Å². The van der Waals surface area contributed by atoms with Crippen molar-refractivity contribution >= 4 is 5.57 Å². The van der Waals surface area contributed by atoms with Gasteiger partial charge in [0.05, 0.1) is 5.69 Å². The zero-order valence-electron chi connectivity index (χ0n) is 12.8. The third-order valence-corrected chi connectivity index (χ3v) is 3.77. The van der Waals surface area contributed by atoms with Gasteiger partial charge in [-0.05, 0) is 61.4 Å². The standard InChI is InChI=1S/C19H19N3/c1-14(16-8-3-5-12-20-16)18-10-7-11-19(22-18)15(2)17-9-4-6-13-21-17/h3-13,20,22H,1-2H3/b16-14-,19-15?. The Morgan fingerprint density at radius 3 is 2.55 bits per heavy atom. The molecule has 1 aromatic heterocycles. The number of allylic oxidation sites excluding steroid dienone is 8. The van der Waals surface area contributed by atoms with Crippen LogP contribution in [0.3, 0.4) is 0 Å². The van der Waals surface area contributed by atoms with E-state index in [4.69, 9.17) is 0 Å². The molecule has 1 aromatic rings. The van der Waals surface area contributed by atoms with Crippen LogP contribution >= 0.6 is 0 Å². The highest BCUT2D eigenvalue weighted by molar-refractivity contribution is 5.68. The number of aromatic nitrogens is 1. The molecule has 0 radical (unpaired) electrons. The van der Waals surface area contributed by atoms with E-state index in [9.17, 15) is 0 Å². The van der Waals surface area contributed by atoms with Crippen molar-refractivity contribution in [3.63, 3.8) is 0 Å². The molecule has 110 valence electrons. The van der Waals surface area contributed by atoms with Crippen molar-refractivity contribution in [3.8, 4) is 0 Å². The third kappa shape index (κ3) is 2.93. The molecule has 0 atom stereocenters. The number of hydrogen-bond acceptors (Lipinski definition) is 3. The smallest absolute Gasteiger partial charge is 0.0679 e.